The maximum atomic E-state index is 2.51. The third kappa shape index (κ3) is 3.25. The molecule has 0 N–H and O–H groups in total. The maximum Gasteiger partial charge on any atom is 0.0562 e. The van der Waals surface area contributed by atoms with Crippen LogP contribution in [0.15, 0.2) is 82.6 Å². The largest absolute Gasteiger partial charge is 0.335 e. The number of nitrogens with zero attached hydrogens (tertiary/aromatic N) is 2. The summed E-state index contributed by atoms with van der Waals surface area (Å²) in [6.45, 7) is 3.32. The molecule has 3 aromatic rings. The first-order valence-corrected chi connectivity index (χ1v) is 9.85. The molecule has 1 atom stereocenters. The van der Waals surface area contributed by atoms with E-state index in [1.807, 2.05) is 11.8 Å². The van der Waals surface area contributed by atoms with E-state index in [-0.39, 0.29) is 0 Å². The smallest absolute Gasteiger partial charge is 0.0562 e. The molecule has 1 aliphatic heterocycles. The Hall–Kier alpha value is -2.23. The van der Waals surface area contributed by atoms with Gasteiger partial charge < -0.3 is 9.80 Å². The molecule has 0 bridgehead atoms. The van der Waals surface area contributed by atoms with Crippen LogP contribution in [0.4, 0.5) is 11.4 Å². The average molecular weight is 361 g/mol. The Morgan fingerprint density at radius 1 is 0.808 bits per heavy atom. The van der Waals surface area contributed by atoms with Crippen molar-refractivity contribution in [1.29, 1.82) is 0 Å². The van der Waals surface area contributed by atoms with Gasteiger partial charge in [-0.25, -0.2) is 0 Å². The molecule has 0 spiro atoms. The normalized spacial score (nSPS) is 14.1. The summed E-state index contributed by atoms with van der Waals surface area (Å²) in [7, 11) is 4.28. The first-order valence-electron chi connectivity index (χ1n) is 9.04. The van der Waals surface area contributed by atoms with Crippen molar-refractivity contribution in [2.24, 2.45) is 0 Å². The monoisotopic (exact) mass is 360 g/mol. The minimum atomic E-state index is 0.386. The van der Waals surface area contributed by atoms with E-state index >= 15 is 0 Å². The third-order valence-corrected chi connectivity index (χ3v) is 5.87. The van der Waals surface area contributed by atoms with Gasteiger partial charge in [0.15, 0.2) is 0 Å². The highest BCUT2D eigenvalue weighted by Gasteiger charge is 2.27. The third-order valence-electron chi connectivity index (χ3n) is 4.74. The second-order valence-electron chi connectivity index (χ2n) is 7.10. The molecule has 26 heavy (non-hydrogen) atoms. The summed E-state index contributed by atoms with van der Waals surface area (Å²) in [6, 6.07) is 26.6. The second kappa shape index (κ2) is 7.18. The van der Waals surface area contributed by atoms with E-state index in [0.717, 1.165) is 6.54 Å². The van der Waals surface area contributed by atoms with Gasteiger partial charge in [0, 0.05) is 22.4 Å². The van der Waals surface area contributed by atoms with E-state index in [1.165, 1.54) is 32.3 Å². The average Bonchev–Trinajstić information content (AvgIpc) is 2.65. The fourth-order valence-corrected chi connectivity index (χ4v) is 4.73. The number of anilines is 2. The van der Waals surface area contributed by atoms with Crippen LogP contribution in [0.1, 0.15) is 6.92 Å². The lowest BCUT2D eigenvalue weighted by molar-refractivity contribution is 0.380. The van der Waals surface area contributed by atoms with Gasteiger partial charge in [-0.1, -0.05) is 60.3 Å². The topological polar surface area (TPSA) is 6.48 Å². The van der Waals surface area contributed by atoms with Crippen molar-refractivity contribution in [3.8, 4) is 11.1 Å². The van der Waals surface area contributed by atoms with Crippen LogP contribution in [0.5, 0.6) is 0 Å². The van der Waals surface area contributed by atoms with Gasteiger partial charge in [-0.15, -0.1) is 0 Å². The Morgan fingerprint density at radius 3 is 2.27 bits per heavy atom. The van der Waals surface area contributed by atoms with Crippen LogP contribution in [0.25, 0.3) is 11.1 Å². The molecule has 1 unspecified atom stereocenters. The summed E-state index contributed by atoms with van der Waals surface area (Å²) >= 11 is 1.87. The van der Waals surface area contributed by atoms with Gasteiger partial charge in [-0.3, -0.25) is 0 Å². The Balaban J connectivity index is 1.83. The summed E-state index contributed by atoms with van der Waals surface area (Å²) in [4.78, 5) is 7.43. The number of fused-ring (bicyclic) bond motifs is 2. The van der Waals surface area contributed by atoms with E-state index in [4.69, 9.17) is 0 Å². The molecule has 132 valence electrons. The highest BCUT2D eigenvalue weighted by Crippen LogP contribution is 2.49. The molecule has 0 fully saturated rings. The minimum Gasteiger partial charge on any atom is -0.335 e. The second-order valence-corrected chi connectivity index (χ2v) is 8.18. The molecule has 2 nitrogen and oxygen atoms in total. The summed E-state index contributed by atoms with van der Waals surface area (Å²) in [6.07, 6.45) is 0. The molecule has 4 rings (SSSR count). The Labute approximate surface area is 160 Å². The molecule has 1 aliphatic rings. The molecule has 3 aromatic carbocycles. The number of benzene rings is 3. The Kier molecular flexibility index (Phi) is 4.75. The zero-order chi connectivity index (χ0) is 18.1. The van der Waals surface area contributed by atoms with Gasteiger partial charge in [-0.2, -0.15) is 0 Å². The predicted octanol–water partition coefficient (Wildman–Crippen LogP) is 5.91. The van der Waals surface area contributed by atoms with Gasteiger partial charge in [0.1, 0.15) is 0 Å². The van der Waals surface area contributed by atoms with Crippen LogP contribution in [-0.4, -0.2) is 31.6 Å². The van der Waals surface area contributed by atoms with Crippen LogP contribution in [0, 0.1) is 0 Å². The van der Waals surface area contributed by atoms with E-state index in [1.54, 1.807) is 0 Å². The first-order chi connectivity index (χ1) is 12.6. The van der Waals surface area contributed by atoms with Crippen LogP contribution in [-0.2, 0) is 0 Å². The number of hydrogen-bond acceptors (Lipinski definition) is 3. The van der Waals surface area contributed by atoms with Crippen LogP contribution in [0.2, 0.25) is 0 Å². The standard InChI is InChI=1S/C23H24N2S/c1-17(16-24(2)3)25-20-11-7-8-12-22(20)26-23-14-13-19(15-21(23)25)18-9-5-4-6-10-18/h4-15,17H,16H2,1-3H3. The zero-order valence-electron chi connectivity index (χ0n) is 15.5. The van der Waals surface area contributed by atoms with Crippen molar-refractivity contribution in [3.63, 3.8) is 0 Å². The summed E-state index contributed by atoms with van der Waals surface area (Å²) in [5, 5.41) is 0. The molecule has 0 saturated heterocycles. The van der Waals surface area contributed by atoms with Crippen molar-refractivity contribution in [2.45, 2.75) is 22.8 Å². The summed E-state index contributed by atoms with van der Waals surface area (Å²) < 4.78 is 0. The number of rotatable bonds is 4. The molecule has 3 heteroatoms. The lowest BCUT2D eigenvalue weighted by Crippen LogP contribution is -2.38. The molecule has 0 saturated carbocycles. The minimum absolute atomic E-state index is 0.386. The molecular weight excluding hydrogens is 336 g/mol. The lowest BCUT2D eigenvalue weighted by Gasteiger charge is -2.38. The fourth-order valence-electron chi connectivity index (χ4n) is 3.68. The van der Waals surface area contributed by atoms with E-state index < -0.39 is 0 Å². The lowest BCUT2D eigenvalue weighted by atomic mass is 10.0. The van der Waals surface area contributed by atoms with Crippen molar-refractivity contribution in [3.05, 3.63) is 72.8 Å². The quantitative estimate of drug-likeness (QED) is 0.571. The highest BCUT2D eigenvalue weighted by atomic mass is 32.2. The van der Waals surface area contributed by atoms with Gasteiger partial charge >= 0.3 is 0 Å². The number of hydrogen-bond donors (Lipinski definition) is 0. The van der Waals surface area contributed by atoms with Crippen molar-refractivity contribution < 1.29 is 0 Å². The summed E-state index contributed by atoms with van der Waals surface area (Å²) in [5.41, 5.74) is 5.15. The summed E-state index contributed by atoms with van der Waals surface area (Å²) in [5.74, 6) is 0. The Bertz CT molecular complexity index is 905. The van der Waals surface area contributed by atoms with E-state index in [0.29, 0.717) is 6.04 Å². The van der Waals surface area contributed by atoms with Crippen LogP contribution >= 0.6 is 11.8 Å². The van der Waals surface area contributed by atoms with E-state index in [2.05, 4.69) is 104 Å². The maximum absolute atomic E-state index is 2.51. The molecular formula is C23H24N2S. The molecule has 0 amide bonds. The van der Waals surface area contributed by atoms with Gasteiger partial charge in [0.2, 0.25) is 0 Å². The van der Waals surface area contributed by atoms with Crippen LogP contribution in [0.3, 0.4) is 0 Å². The predicted molar refractivity (Wildman–Crippen MR) is 113 cm³/mol. The first kappa shape index (κ1) is 17.2. The van der Waals surface area contributed by atoms with Gasteiger partial charge in [0.25, 0.3) is 0 Å². The molecule has 0 aromatic heterocycles. The van der Waals surface area contributed by atoms with Crippen molar-refractivity contribution >= 4 is 23.1 Å². The van der Waals surface area contributed by atoms with Gasteiger partial charge in [-0.05, 0) is 56.4 Å². The Morgan fingerprint density at radius 2 is 1.50 bits per heavy atom. The van der Waals surface area contributed by atoms with Crippen LogP contribution < -0.4 is 4.90 Å². The zero-order valence-corrected chi connectivity index (χ0v) is 16.3. The van der Waals surface area contributed by atoms with Crippen molar-refractivity contribution in [1.82, 2.24) is 4.90 Å². The van der Waals surface area contributed by atoms with E-state index in [9.17, 15) is 0 Å². The molecule has 0 radical (unpaired) electrons. The van der Waals surface area contributed by atoms with Crippen molar-refractivity contribution in [2.75, 3.05) is 25.5 Å². The number of likely N-dealkylation sites (N-methyl/N-ethyl adjacent to an activating group) is 1. The number of para-hydroxylation sites is 1. The molecule has 0 aliphatic carbocycles. The van der Waals surface area contributed by atoms with Gasteiger partial charge in [0.05, 0.1) is 11.4 Å². The molecule has 1 heterocycles. The highest BCUT2D eigenvalue weighted by molar-refractivity contribution is 7.99. The fraction of sp³-hybridized carbons (Fsp3) is 0.217. The SMILES string of the molecule is CC(CN(C)C)N1c2ccccc2Sc2ccc(-c3ccccc3)cc21.